The van der Waals surface area contributed by atoms with Gasteiger partial charge in [0.25, 0.3) is 5.91 Å². The van der Waals surface area contributed by atoms with Gasteiger partial charge in [-0.1, -0.05) is 0 Å². The van der Waals surface area contributed by atoms with E-state index in [1.165, 1.54) is 20.4 Å². The largest absolute Gasteiger partial charge is 0.481 e. The highest BCUT2D eigenvalue weighted by molar-refractivity contribution is 5.96. The molecule has 1 N–H and O–H groups in total. The van der Waals surface area contributed by atoms with Crippen LogP contribution in [0.15, 0.2) is 42.7 Å². The number of carbonyl (C=O) groups excluding carboxylic acids is 2. The second kappa shape index (κ2) is 8.54. The van der Waals surface area contributed by atoms with Crippen LogP contribution in [0, 0.1) is 0 Å². The minimum absolute atomic E-state index is 0.0893. The van der Waals surface area contributed by atoms with Gasteiger partial charge in [0, 0.05) is 35.9 Å². The number of amides is 1. The summed E-state index contributed by atoms with van der Waals surface area (Å²) in [6.45, 7) is 1.44. The molecule has 1 aromatic carbocycles. The first-order valence-corrected chi connectivity index (χ1v) is 9.67. The second-order valence-corrected chi connectivity index (χ2v) is 7.09. The van der Waals surface area contributed by atoms with Crippen LogP contribution in [0.25, 0.3) is 10.9 Å². The van der Waals surface area contributed by atoms with E-state index in [-0.39, 0.29) is 17.9 Å². The fourth-order valence-electron chi connectivity index (χ4n) is 3.73. The third-order valence-electron chi connectivity index (χ3n) is 5.32. The van der Waals surface area contributed by atoms with Crippen molar-refractivity contribution in [1.82, 2.24) is 14.9 Å². The number of aromatic amines is 1. The van der Waals surface area contributed by atoms with E-state index in [0.717, 1.165) is 16.5 Å². The Balaban J connectivity index is 1.59. The Morgan fingerprint density at radius 2 is 2.07 bits per heavy atom. The van der Waals surface area contributed by atoms with E-state index in [9.17, 15) is 9.59 Å². The molecule has 0 unspecified atom stereocenters. The average molecular weight is 409 g/mol. The van der Waals surface area contributed by atoms with Gasteiger partial charge in [0.05, 0.1) is 44.6 Å². The Kier molecular flexibility index (Phi) is 5.67. The Hall–Kier alpha value is -3.39. The van der Waals surface area contributed by atoms with Gasteiger partial charge in [-0.15, -0.1) is 0 Å². The zero-order chi connectivity index (χ0) is 21.1. The third kappa shape index (κ3) is 3.86. The Morgan fingerprint density at radius 1 is 1.23 bits per heavy atom. The summed E-state index contributed by atoms with van der Waals surface area (Å²) in [6, 6.07) is 8.66. The van der Waals surface area contributed by atoms with E-state index in [4.69, 9.17) is 14.2 Å². The van der Waals surface area contributed by atoms with Crippen molar-refractivity contribution in [2.45, 2.75) is 12.5 Å². The first-order valence-electron chi connectivity index (χ1n) is 9.67. The minimum Gasteiger partial charge on any atom is -0.481 e. The smallest absolute Gasteiger partial charge is 0.337 e. The molecule has 156 valence electrons. The van der Waals surface area contributed by atoms with Crippen molar-refractivity contribution in [2.24, 2.45) is 0 Å². The van der Waals surface area contributed by atoms with Crippen molar-refractivity contribution in [1.29, 1.82) is 0 Å². The highest BCUT2D eigenvalue weighted by Gasteiger charge is 2.29. The van der Waals surface area contributed by atoms with E-state index >= 15 is 0 Å². The van der Waals surface area contributed by atoms with Gasteiger partial charge in [-0.25, -0.2) is 9.78 Å². The molecule has 0 spiro atoms. The number of nitrogens with one attached hydrogen (secondary N) is 1. The lowest BCUT2D eigenvalue weighted by atomic mass is 10.0. The summed E-state index contributed by atoms with van der Waals surface area (Å²) in [6.07, 6.45) is 4.04. The van der Waals surface area contributed by atoms with Crippen LogP contribution in [-0.4, -0.2) is 66.8 Å². The number of pyridine rings is 1. The summed E-state index contributed by atoms with van der Waals surface area (Å²) in [7, 11) is 2.90. The molecule has 4 rings (SSSR count). The van der Waals surface area contributed by atoms with Crippen LogP contribution in [0.2, 0.25) is 0 Å². The lowest BCUT2D eigenvalue weighted by Gasteiger charge is -2.35. The van der Waals surface area contributed by atoms with Gasteiger partial charge in [-0.2, -0.15) is 0 Å². The molecule has 1 fully saturated rings. The predicted octanol–water partition coefficient (Wildman–Crippen LogP) is 2.44. The summed E-state index contributed by atoms with van der Waals surface area (Å²) < 4.78 is 15.6. The molecule has 8 nitrogen and oxygen atoms in total. The molecule has 0 bridgehead atoms. The van der Waals surface area contributed by atoms with Gasteiger partial charge < -0.3 is 24.1 Å². The number of esters is 1. The van der Waals surface area contributed by atoms with E-state index in [1.54, 1.807) is 18.2 Å². The zero-order valence-electron chi connectivity index (χ0n) is 16.9. The van der Waals surface area contributed by atoms with Crippen molar-refractivity contribution in [3.8, 4) is 5.88 Å². The number of fused-ring (bicyclic) bond motifs is 1. The molecule has 2 aromatic heterocycles. The maximum atomic E-state index is 13.1. The number of ether oxygens (including phenoxy) is 3. The van der Waals surface area contributed by atoms with Crippen LogP contribution in [-0.2, 0) is 15.9 Å². The number of aromatic nitrogens is 2. The number of benzene rings is 1. The van der Waals surface area contributed by atoms with E-state index < -0.39 is 0 Å². The second-order valence-electron chi connectivity index (χ2n) is 7.09. The van der Waals surface area contributed by atoms with Crippen molar-refractivity contribution in [2.75, 3.05) is 34.0 Å². The van der Waals surface area contributed by atoms with Gasteiger partial charge in [0.1, 0.15) is 0 Å². The monoisotopic (exact) mass is 409 g/mol. The highest BCUT2D eigenvalue weighted by Crippen LogP contribution is 2.24. The summed E-state index contributed by atoms with van der Waals surface area (Å²) >= 11 is 0. The van der Waals surface area contributed by atoms with Crippen LogP contribution < -0.4 is 4.74 Å². The maximum absolute atomic E-state index is 13.1. The molecular formula is C22H23N3O5. The van der Waals surface area contributed by atoms with Crippen LogP contribution in [0.4, 0.5) is 0 Å². The van der Waals surface area contributed by atoms with E-state index in [0.29, 0.717) is 43.2 Å². The maximum Gasteiger partial charge on any atom is 0.337 e. The first-order chi connectivity index (χ1) is 14.6. The lowest BCUT2D eigenvalue weighted by Crippen LogP contribution is -2.49. The number of rotatable bonds is 5. The number of hydrogen-bond donors (Lipinski definition) is 1. The number of nitrogens with zero attached hydrogens (tertiary/aromatic N) is 2. The molecule has 0 aliphatic carbocycles. The molecule has 1 aliphatic rings. The van der Waals surface area contributed by atoms with E-state index in [1.807, 2.05) is 23.2 Å². The van der Waals surface area contributed by atoms with Crippen LogP contribution >= 0.6 is 0 Å². The molecule has 3 heterocycles. The molecule has 0 saturated carbocycles. The molecule has 1 atom stereocenters. The van der Waals surface area contributed by atoms with Crippen LogP contribution in [0.3, 0.4) is 0 Å². The molecule has 30 heavy (non-hydrogen) atoms. The lowest BCUT2D eigenvalue weighted by molar-refractivity contribution is -0.00158. The summed E-state index contributed by atoms with van der Waals surface area (Å²) in [5.74, 6) is -0.00677. The molecule has 1 amide bonds. The first kappa shape index (κ1) is 19.9. The molecular weight excluding hydrogens is 386 g/mol. The summed E-state index contributed by atoms with van der Waals surface area (Å²) in [4.78, 5) is 34.2. The van der Waals surface area contributed by atoms with Gasteiger partial charge >= 0.3 is 5.97 Å². The Bertz CT molecular complexity index is 1060. The number of H-pyrrole nitrogens is 1. The molecule has 1 aliphatic heterocycles. The fraction of sp³-hybridized carbons (Fsp3) is 0.318. The highest BCUT2D eigenvalue weighted by atomic mass is 16.5. The topological polar surface area (TPSA) is 93.8 Å². The summed E-state index contributed by atoms with van der Waals surface area (Å²) in [5.41, 5.74) is 2.93. The van der Waals surface area contributed by atoms with Gasteiger partial charge in [0.2, 0.25) is 5.88 Å². The SMILES string of the molecule is COC(=O)c1ccc2[nH]cc(C[C@H]3COCCN3C(=O)c3ccc(OC)nc3)c2c1. The van der Waals surface area contributed by atoms with E-state index in [2.05, 4.69) is 9.97 Å². The van der Waals surface area contributed by atoms with Crippen molar-refractivity contribution < 1.29 is 23.8 Å². The standard InChI is InChI=1S/C22H23N3O5/c1-28-20-6-4-15(11-24-20)21(26)25-7-8-30-13-17(25)9-16-12-23-19-5-3-14(10-18(16)19)22(27)29-2/h3-6,10-12,17,23H,7-9,13H2,1-2H3/t17-/m0/s1. The molecule has 3 aromatic rings. The number of carbonyl (C=O) groups is 2. The van der Waals surface area contributed by atoms with Gasteiger partial charge in [0.15, 0.2) is 0 Å². The van der Waals surface area contributed by atoms with Crippen LogP contribution in [0.1, 0.15) is 26.3 Å². The Morgan fingerprint density at radius 3 is 2.80 bits per heavy atom. The minimum atomic E-state index is -0.381. The van der Waals surface area contributed by atoms with Crippen LogP contribution in [0.5, 0.6) is 5.88 Å². The number of hydrogen-bond acceptors (Lipinski definition) is 6. The molecule has 0 radical (unpaired) electrons. The van der Waals surface area contributed by atoms with Crippen molar-refractivity contribution >= 4 is 22.8 Å². The van der Waals surface area contributed by atoms with Crippen molar-refractivity contribution in [3.05, 3.63) is 59.4 Å². The Labute approximate surface area is 173 Å². The van der Waals surface area contributed by atoms with Crippen molar-refractivity contribution in [3.63, 3.8) is 0 Å². The number of methoxy groups -OCH3 is 2. The molecule has 8 heteroatoms. The zero-order valence-corrected chi connectivity index (χ0v) is 16.9. The molecule has 1 saturated heterocycles. The fourth-order valence-corrected chi connectivity index (χ4v) is 3.73. The predicted molar refractivity (Wildman–Crippen MR) is 110 cm³/mol. The van der Waals surface area contributed by atoms with Gasteiger partial charge in [-0.05, 0) is 36.2 Å². The quantitative estimate of drug-likeness (QED) is 0.651. The average Bonchev–Trinajstić information content (AvgIpc) is 3.20. The number of morpholine rings is 1. The van der Waals surface area contributed by atoms with Gasteiger partial charge in [-0.3, -0.25) is 4.79 Å². The summed E-state index contributed by atoms with van der Waals surface area (Å²) in [5, 5.41) is 0.932. The normalized spacial score (nSPS) is 16.5. The third-order valence-corrected chi connectivity index (χ3v) is 5.32.